The van der Waals surface area contributed by atoms with Crippen LogP contribution in [0.25, 0.3) is 11.1 Å². The van der Waals surface area contributed by atoms with Crippen LogP contribution < -0.4 is 10.6 Å². The van der Waals surface area contributed by atoms with Gasteiger partial charge in [0.15, 0.2) is 5.88 Å². The van der Waals surface area contributed by atoms with Gasteiger partial charge in [-0.05, 0) is 111 Å². The minimum atomic E-state index is -0.584. The van der Waals surface area contributed by atoms with Gasteiger partial charge in [0.1, 0.15) is 18.2 Å². The van der Waals surface area contributed by atoms with Crippen molar-refractivity contribution in [2.75, 3.05) is 23.8 Å². The molecule has 238 valence electrons. The van der Waals surface area contributed by atoms with Crippen molar-refractivity contribution in [1.29, 1.82) is 0 Å². The second-order valence-electron chi connectivity index (χ2n) is 12.8. The van der Waals surface area contributed by atoms with E-state index in [1.165, 1.54) is 11.1 Å². The number of nitrogens with one attached hydrogen (secondary N) is 2. The zero-order valence-corrected chi connectivity index (χ0v) is 27.0. The first-order valence-electron chi connectivity index (χ1n) is 15.9. The van der Waals surface area contributed by atoms with Gasteiger partial charge in [0.25, 0.3) is 0 Å². The molecule has 0 radical (unpaired) electrons. The van der Waals surface area contributed by atoms with Gasteiger partial charge in [-0.15, -0.1) is 0 Å². The number of benzene rings is 4. The molecule has 2 aliphatic rings. The second-order valence-corrected chi connectivity index (χ2v) is 12.8. The van der Waals surface area contributed by atoms with Crippen molar-refractivity contribution in [2.24, 2.45) is 0 Å². The first-order valence-corrected chi connectivity index (χ1v) is 15.9. The summed E-state index contributed by atoms with van der Waals surface area (Å²) in [5.74, 6) is 6.57. The third kappa shape index (κ3) is 7.50. The highest BCUT2D eigenvalue weighted by atomic mass is 16.6. The zero-order valence-electron chi connectivity index (χ0n) is 27.0. The summed E-state index contributed by atoms with van der Waals surface area (Å²) in [7, 11) is 0. The number of carbonyl (C=O) groups is 2. The highest BCUT2D eigenvalue weighted by Crippen LogP contribution is 2.44. The van der Waals surface area contributed by atoms with Crippen LogP contribution in [0.3, 0.4) is 0 Å². The van der Waals surface area contributed by atoms with Gasteiger partial charge in [0, 0.05) is 35.0 Å². The van der Waals surface area contributed by atoms with Crippen LogP contribution in [0.15, 0.2) is 110 Å². The topological polar surface area (TPSA) is 79.9 Å². The third-order valence-corrected chi connectivity index (χ3v) is 8.23. The quantitative estimate of drug-likeness (QED) is 0.160. The molecule has 1 saturated heterocycles. The molecule has 0 spiro atoms. The summed E-state index contributed by atoms with van der Waals surface area (Å²) in [6, 6.07) is 31.0. The zero-order chi connectivity index (χ0) is 33.0. The Balaban J connectivity index is 1.02. The summed E-state index contributed by atoms with van der Waals surface area (Å²) in [6.07, 6.45) is 0.876. The molecule has 1 heterocycles. The van der Waals surface area contributed by atoms with Gasteiger partial charge in [0.2, 0.25) is 5.91 Å². The lowest BCUT2D eigenvalue weighted by molar-refractivity contribution is -0.120. The van der Waals surface area contributed by atoms with Crippen LogP contribution in [-0.4, -0.2) is 41.7 Å². The van der Waals surface area contributed by atoms with Crippen molar-refractivity contribution in [2.45, 2.75) is 51.2 Å². The van der Waals surface area contributed by atoms with Crippen LogP contribution >= 0.6 is 0 Å². The average Bonchev–Trinajstić information content (AvgIpc) is 3.67. The van der Waals surface area contributed by atoms with Crippen LogP contribution in [-0.2, 0) is 14.3 Å². The van der Waals surface area contributed by atoms with Crippen LogP contribution in [0, 0.1) is 11.8 Å². The first kappa shape index (κ1) is 31.5. The van der Waals surface area contributed by atoms with E-state index in [9.17, 15) is 9.59 Å². The van der Waals surface area contributed by atoms with E-state index in [0.29, 0.717) is 24.5 Å². The highest BCUT2D eigenvalue weighted by Gasteiger charge is 2.36. The first-order chi connectivity index (χ1) is 22.6. The summed E-state index contributed by atoms with van der Waals surface area (Å²) in [5.41, 5.74) is 7.54. The molecular formula is C40H39N3O4. The number of hydrogen-bond acceptors (Lipinski definition) is 5. The van der Waals surface area contributed by atoms with E-state index >= 15 is 0 Å². The molecule has 7 heteroatoms. The molecule has 2 amide bonds. The molecule has 7 nitrogen and oxygen atoms in total. The van der Waals surface area contributed by atoms with Crippen molar-refractivity contribution < 1.29 is 19.1 Å². The lowest BCUT2D eigenvalue weighted by Gasteiger charge is -2.24. The Labute approximate surface area is 276 Å². The van der Waals surface area contributed by atoms with Crippen LogP contribution in [0.5, 0.6) is 0 Å². The normalized spacial score (nSPS) is 15.1. The second kappa shape index (κ2) is 13.5. The highest BCUT2D eigenvalue weighted by molar-refractivity contribution is 5.97. The van der Waals surface area contributed by atoms with Crippen LogP contribution in [0.4, 0.5) is 16.2 Å². The Morgan fingerprint density at radius 3 is 1.89 bits per heavy atom. The Hall–Kier alpha value is -5.48. The molecule has 1 atom stereocenters. The molecule has 2 N–H and O–H groups in total. The molecule has 6 rings (SSSR count). The SMILES string of the molecule is C=C(Nc1ccc(C#Cc2ccc(NC(=O)[C@@H]3CCCN3C(=O)OCC3c4ccccc4-c4ccccc43)cc2)cc1)OC(C)(C)C. The van der Waals surface area contributed by atoms with Crippen molar-refractivity contribution in [3.05, 3.63) is 132 Å². The summed E-state index contributed by atoms with van der Waals surface area (Å²) in [4.78, 5) is 28.1. The number of ether oxygens (including phenoxy) is 2. The van der Waals surface area contributed by atoms with Gasteiger partial charge < -0.3 is 20.1 Å². The summed E-state index contributed by atoms with van der Waals surface area (Å²) < 4.78 is 11.6. The molecule has 0 aromatic heterocycles. The predicted octanol–water partition coefficient (Wildman–Crippen LogP) is 8.14. The Kier molecular flexibility index (Phi) is 9.03. The fourth-order valence-corrected chi connectivity index (χ4v) is 6.13. The smallest absolute Gasteiger partial charge is 0.410 e. The average molecular weight is 626 g/mol. The van der Waals surface area contributed by atoms with Gasteiger partial charge in [-0.25, -0.2) is 4.79 Å². The van der Waals surface area contributed by atoms with E-state index in [2.05, 4.69) is 53.3 Å². The van der Waals surface area contributed by atoms with Crippen LogP contribution in [0.2, 0.25) is 0 Å². The molecule has 47 heavy (non-hydrogen) atoms. The fraction of sp³-hybridized carbons (Fsp3) is 0.250. The Bertz CT molecular complexity index is 1800. The van der Waals surface area contributed by atoms with E-state index in [1.807, 2.05) is 93.6 Å². The predicted molar refractivity (Wildman–Crippen MR) is 186 cm³/mol. The van der Waals surface area contributed by atoms with E-state index in [0.717, 1.165) is 34.4 Å². The monoisotopic (exact) mass is 625 g/mol. The summed E-state index contributed by atoms with van der Waals surface area (Å²) in [6.45, 7) is 10.5. The number of nitrogens with zero attached hydrogens (tertiary/aromatic N) is 1. The molecule has 0 bridgehead atoms. The number of rotatable bonds is 7. The molecule has 4 aromatic carbocycles. The minimum absolute atomic E-state index is 0.0295. The maximum absolute atomic E-state index is 13.3. The van der Waals surface area contributed by atoms with E-state index in [4.69, 9.17) is 9.47 Å². The standard InChI is InChI=1S/C40H39N3O4/c1-27(47-40(2,3)4)41-30-21-17-28(18-22-30)15-16-29-19-23-31(24-20-29)42-38(44)37-14-9-25-43(37)39(45)46-26-36-34-12-7-5-10-32(34)33-11-6-8-13-35(33)36/h5-8,10-13,17-24,36-37,41H,1,9,14,25-26H2,2-4H3,(H,42,44)/t37-/m0/s1. The molecule has 4 aromatic rings. The third-order valence-electron chi connectivity index (χ3n) is 8.23. The molecule has 0 saturated carbocycles. The number of carbonyl (C=O) groups excluding carboxylic acids is 2. The summed E-state index contributed by atoms with van der Waals surface area (Å²) in [5, 5.41) is 6.11. The number of likely N-dealkylation sites (tertiary alicyclic amines) is 1. The number of fused-ring (bicyclic) bond motifs is 3. The fourth-order valence-electron chi connectivity index (χ4n) is 6.13. The maximum atomic E-state index is 13.3. The van der Waals surface area contributed by atoms with Crippen LogP contribution in [0.1, 0.15) is 61.8 Å². The molecule has 1 aliphatic carbocycles. The van der Waals surface area contributed by atoms with Crippen molar-refractivity contribution >= 4 is 23.4 Å². The van der Waals surface area contributed by atoms with E-state index in [-0.39, 0.29) is 24.0 Å². The lowest BCUT2D eigenvalue weighted by atomic mass is 9.98. The van der Waals surface area contributed by atoms with Crippen molar-refractivity contribution in [3.8, 4) is 23.0 Å². The number of amides is 2. The van der Waals surface area contributed by atoms with Gasteiger partial charge >= 0.3 is 6.09 Å². The van der Waals surface area contributed by atoms with Gasteiger partial charge in [0.05, 0.1) is 0 Å². The Morgan fingerprint density at radius 2 is 1.34 bits per heavy atom. The molecule has 0 unspecified atom stereocenters. The van der Waals surface area contributed by atoms with E-state index in [1.54, 1.807) is 4.90 Å². The van der Waals surface area contributed by atoms with Crippen molar-refractivity contribution in [3.63, 3.8) is 0 Å². The largest absolute Gasteiger partial charge is 0.474 e. The molecular weight excluding hydrogens is 586 g/mol. The van der Waals surface area contributed by atoms with E-state index < -0.39 is 12.1 Å². The van der Waals surface area contributed by atoms with Gasteiger partial charge in [-0.2, -0.15) is 0 Å². The van der Waals surface area contributed by atoms with Gasteiger partial charge in [-0.1, -0.05) is 60.4 Å². The minimum Gasteiger partial charge on any atom is -0.474 e. The number of anilines is 2. The molecule has 1 fully saturated rings. The lowest BCUT2D eigenvalue weighted by Crippen LogP contribution is -2.43. The molecule has 1 aliphatic heterocycles. The van der Waals surface area contributed by atoms with Gasteiger partial charge in [-0.3, -0.25) is 9.69 Å². The summed E-state index contributed by atoms with van der Waals surface area (Å²) >= 11 is 0. The Morgan fingerprint density at radius 1 is 0.809 bits per heavy atom. The number of hydrogen-bond donors (Lipinski definition) is 2. The van der Waals surface area contributed by atoms with Crippen molar-refractivity contribution in [1.82, 2.24) is 4.90 Å². The maximum Gasteiger partial charge on any atom is 0.410 e.